The van der Waals surface area contributed by atoms with E-state index in [1.807, 2.05) is 0 Å². The highest BCUT2D eigenvalue weighted by Gasteiger charge is 2.20. The van der Waals surface area contributed by atoms with Crippen molar-refractivity contribution in [3.8, 4) is 11.5 Å². The third kappa shape index (κ3) is 3.69. The van der Waals surface area contributed by atoms with Gasteiger partial charge in [0.15, 0.2) is 11.5 Å². The van der Waals surface area contributed by atoms with Gasteiger partial charge in [0.05, 0.1) is 4.90 Å². The lowest BCUT2D eigenvalue weighted by molar-refractivity contribution is 0.0945. The highest BCUT2D eigenvalue weighted by Crippen LogP contribution is 2.32. The molecule has 7 nitrogen and oxygen atoms in total. The maximum Gasteiger partial charge on any atom is 0.266 e. The van der Waals surface area contributed by atoms with E-state index in [1.54, 1.807) is 24.3 Å². The van der Waals surface area contributed by atoms with Gasteiger partial charge in [-0.2, -0.15) is 0 Å². The van der Waals surface area contributed by atoms with E-state index in [0.717, 1.165) is 4.47 Å². The fraction of sp³-hybridized carbons (Fsp3) is 0.133. The van der Waals surface area contributed by atoms with Gasteiger partial charge in [0.2, 0.25) is 0 Å². The molecule has 0 radical (unpaired) electrons. The Balaban J connectivity index is 1.72. The third-order valence-corrected chi connectivity index (χ3v) is 5.00. The summed E-state index contributed by atoms with van der Waals surface area (Å²) in [5.41, 5.74) is 2.50. The van der Waals surface area contributed by atoms with Gasteiger partial charge < -0.3 is 9.47 Å². The lowest BCUT2D eigenvalue weighted by Crippen LogP contribution is -2.41. The highest BCUT2D eigenvalue weighted by molar-refractivity contribution is 9.10. The summed E-state index contributed by atoms with van der Waals surface area (Å²) in [6.07, 6.45) is 0. The number of hydrogen-bond donors (Lipinski definition) is 2. The number of hydrazine groups is 1. The molecule has 2 aromatic carbocycles. The van der Waals surface area contributed by atoms with E-state index in [4.69, 9.17) is 9.47 Å². The van der Waals surface area contributed by atoms with Crippen LogP contribution in [0.25, 0.3) is 0 Å². The fourth-order valence-electron chi connectivity index (χ4n) is 2.04. The van der Waals surface area contributed by atoms with E-state index < -0.39 is 15.9 Å². The van der Waals surface area contributed by atoms with Crippen molar-refractivity contribution in [2.45, 2.75) is 4.90 Å². The van der Waals surface area contributed by atoms with Crippen molar-refractivity contribution >= 4 is 31.9 Å². The summed E-state index contributed by atoms with van der Waals surface area (Å²) in [6, 6.07) is 10.7. The Morgan fingerprint density at radius 3 is 2.38 bits per heavy atom. The number of carbonyl (C=O) groups excluding carboxylic acids is 1. The van der Waals surface area contributed by atoms with Gasteiger partial charge in [0.25, 0.3) is 15.9 Å². The number of fused-ring (bicyclic) bond motifs is 1. The summed E-state index contributed by atoms with van der Waals surface area (Å²) < 4.78 is 36.1. The fourth-order valence-corrected chi connectivity index (χ4v) is 3.16. The van der Waals surface area contributed by atoms with Gasteiger partial charge in [-0.05, 0) is 36.4 Å². The van der Waals surface area contributed by atoms with Crippen LogP contribution in [0.15, 0.2) is 51.8 Å². The van der Waals surface area contributed by atoms with E-state index in [0.29, 0.717) is 30.3 Å². The maximum atomic E-state index is 12.3. The molecule has 0 aromatic heterocycles. The minimum atomic E-state index is -3.93. The van der Waals surface area contributed by atoms with Crippen LogP contribution in [0.1, 0.15) is 10.4 Å². The standard InChI is InChI=1S/C15H13BrN2O5S/c16-11-3-1-10(2-4-11)15(19)17-18-24(20,21)12-5-6-13-14(9-12)23-8-7-22-13/h1-6,9,18H,7-8H2,(H,17,19). The van der Waals surface area contributed by atoms with Gasteiger partial charge in [-0.3, -0.25) is 10.2 Å². The van der Waals surface area contributed by atoms with Gasteiger partial charge in [-0.25, -0.2) is 8.42 Å². The SMILES string of the molecule is O=C(NNS(=O)(=O)c1ccc2c(c1)OCCO2)c1ccc(Br)cc1. The molecule has 0 spiro atoms. The van der Waals surface area contributed by atoms with Crippen molar-refractivity contribution in [2.75, 3.05) is 13.2 Å². The van der Waals surface area contributed by atoms with Crippen LogP contribution in [0.3, 0.4) is 0 Å². The number of benzene rings is 2. The summed E-state index contributed by atoms with van der Waals surface area (Å²) in [5, 5.41) is 0. The first-order valence-electron chi connectivity index (χ1n) is 6.93. The molecule has 0 aliphatic carbocycles. The molecule has 0 saturated heterocycles. The number of carbonyl (C=O) groups is 1. The molecule has 1 aliphatic heterocycles. The summed E-state index contributed by atoms with van der Waals surface area (Å²) in [7, 11) is -3.93. The summed E-state index contributed by atoms with van der Waals surface area (Å²) >= 11 is 3.26. The number of amides is 1. The van der Waals surface area contributed by atoms with Gasteiger partial charge >= 0.3 is 0 Å². The largest absolute Gasteiger partial charge is 0.486 e. The van der Waals surface area contributed by atoms with E-state index in [-0.39, 0.29) is 4.90 Å². The summed E-state index contributed by atoms with van der Waals surface area (Å²) in [4.78, 5) is 14.0. The molecular weight excluding hydrogens is 400 g/mol. The third-order valence-electron chi connectivity index (χ3n) is 3.23. The predicted octanol–water partition coefficient (Wildman–Crippen LogP) is 1.84. The van der Waals surface area contributed by atoms with Crippen LogP contribution in [-0.4, -0.2) is 27.5 Å². The number of hydrogen-bond acceptors (Lipinski definition) is 5. The highest BCUT2D eigenvalue weighted by atomic mass is 79.9. The molecule has 9 heteroatoms. The lowest BCUT2D eigenvalue weighted by Gasteiger charge is -2.19. The Bertz CT molecular complexity index is 868. The second-order valence-corrected chi connectivity index (χ2v) is 7.47. The molecule has 126 valence electrons. The second kappa shape index (κ2) is 6.80. The van der Waals surface area contributed by atoms with Crippen LogP contribution in [0.5, 0.6) is 11.5 Å². The summed E-state index contributed by atoms with van der Waals surface area (Å²) in [5.74, 6) is 0.270. The van der Waals surface area contributed by atoms with E-state index >= 15 is 0 Å². The van der Waals surface area contributed by atoms with Gasteiger partial charge in [0, 0.05) is 16.1 Å². The Kier molecular flexibility index (Phi) is 4.74. The minimum Gasteiger partial charge on any atom is -0.486 e. The van der Waals surface area contributed by atoms with Crippen molar-refractivity contribution in [3.63, 3.8) is 0 Å². The van der Waals surface area contributed by atoms with Crippen molar-refractivity contribution in [1.82, 2.24) is 10.3 Å². The molecule has 0 bridgehead atoms. The molecule has 1 amide bonds. The number of nitrogens with one attached hydrogen (secondary N) is 2. The van der Waals surface area contributed by atoms with Crippen molar-refractivity contribution in [1.29, 1.82) is 0 Å². The summed E-state index contributed by atoms with van der Waals surface area (Å²) in [6.45, 7) is 0.769. The molecule has 2 aromatic rings. The molecular formula is C15H13BrN2O5S. The van der Waals surface area contributed by atoms with Gasteiger partial charge in [0.1, 0.15) is 13.2 Å². The van der Waals surface area contributed by atoms with E-state index in [2.05, 4.69) is 26.2 Å². The maximum absolute atomic E-state index is 12.3. The smallest absolute Gasteiger partial charge is 0.266 e. The van der Waals surface area contributed by atoms with Crippen LogP contribution in [0.4, 0.5) is 0 Å². The van der Waals surface area contributed by atoms with Crippen molar-refractivity contribution in [3.05, 3.63) is 52.5 Å². The molecule has 0 atom stereocenters. The van der Waals surface area contributed by atoms with Gasteiger partial charge in [-0.15, -0.1) is 4.83 Å². The minimum absolute atomic E-state index is 0.0390. The monoisotopic (exact) mass is 412 g/mol. The molecule has 0 saturated carbocycles. The van der Waals surface area contributed by atoms with Crippen LogP contribution in [0.2, 0.25) is 0 Å². The zero-order chi connectivity index (χ0) is 17.2. The van der Waals surface area contributed by atoms with Crippen LogP contribution in [-0.2, 0) is 10.0 Å². The van der Waals surface area contributed by atoms with E-state index in [9.17, 15) is 13.2 Å². The number of ether oxygens (including phenoxy) is 2. The van der Waals surface area contributed by atoms with Crippen molar-refractivity contribution < 1.29 is 22.7 Å². The second-order valence-electron chi connectivity index (χ2n) is 4.87. The molecule has 1 heterocycles. The van der Waals surface area contributed by atoms with Crippen LogP contribution >= 0.6 is 15.9 Å². The number of halogens is 1. The zero-order valence-electron chi connectivity index (χ0n) is 12.3. The molecule has 2 N–H and O–H groups in total. The molecule has 0 unspecified atom stereocenters. The first-order chi connectivity index (χ1) is 11.5. The topological polar surface area (TPSA) is 93.7 Å². The molecule has 1 aliphatic rings. The molecule has 0 fully saturated rings. The Hall–Kier alpha value is -2.10. The lowest BCUT2D eigenvalue weighted by atomic mass is 10.2. The van der Waals surface area contributed by atoms with Crippen molar-refractivity contribution in [2.24, 2.45) is 0 Å². The Labute approximate surface area is 147 Å². The number of sulfonamides is 1. The quantitative estimate of drug-likeness (QED) is 0.747. The predicted molar refractivity (Wildman–Crippen MR) is 89.4 cm³/mol. The molecule has 24 heavy (non-hydrogen) atoms. The zero-order valence-corrected chi connectivity index (χ0v) is 14.7. The Morgan fingerprint density at radius 1 is 1.00 bits per heavy atom. The average Bonchev–Trinajstić information content (AvgIpc) is 2.60. The first kappa shape index (κ1) is 16.7. The van der Waals surface area contributed by atoms with E-state index in [1.165, 1.54) is 18.2 Å². The first-order valence-corrected chi connectivity index (χ1v) is 9.21. The normalized spacial score (nSPS) is 13.4. The molecule has 3 rings (SSSR count). The van der Waals surface area contributed by atoms with Gasteiger partial charge in [-0.1, -0.05) is 15.9 Å². The van der Waals surface area contributed by atoms with Crippen LogP contribution < -0.4 is 19.7 Å². The Morgan fingerprint density at radius 2 is 1.67 bits per heavy atom. The average molecular weight is 413 g/mol. The van der Waals surface area contributed by atoms with Crippen LogP contribution in [0, 0.1) is 0 Å². The number of rotatable bonds is 4.